The molecule has 3 aliphatic rings. The first-order valence-corrected chi connectivity index (χ1v) is 12.4. The Bertz CT molecular complexity index is 991. The van der Waals surface area contributed by atoms with Crippen LogP contribution < -0.4 is 4.90 Å². The third-order valence-corrected chi connectivity index (χ3v) is 7.20. The summed E-state index contributed by atoms with van der Waals surface area (Å²) < 4.78 is 5.80. The second kappa shape index (κ2) is 9.92. The first-order valence-electron chi connectivity index (χ1n) is 11.6. The highest BCUT2D eigenvalue weighted by atomic mass is 32.2. The Morgan fingerprint density at radius 2 is 1.78 bits per heavy atom. The number of thioether (sulfide) groups is 1. The zero-order valence-electron chi connectivity index (χ0n) is 18.3. The van der Waals surface area contributed by atoms with Crippen molar-refractivity contribution in [3.63, 3.8) is 0 Å². The molecule has 0 radical (unpaired) electrons. The highest BCUT2D eigenvalue weighted by Crippen LogP contribution is 2.35. The summed E-state index contributed by atoms with van der Waals surface area (Å²) in [4.78, 5) is 23.0. The molecule has 166 valence electrons. The van der Waals surface area contributed by atoms with Gasteiger partial charge in [-0.3, -0.25) is 9.69 Å². The van der Waals surface area contributed by atoms with E-state index in [1.165, 1.54) is 36.7 Å². The van der Waals surface area contributed by atoms with E-state index in [4.69, 9.17) is 9.73 Å². The van der Waals surface area contributed by atoms with Gasteiger partial charge in [0.1, 0.15) is 0 Å². The lowest BCUT2D eigenvalue weighted by atomic mass is 10.1. The Kier molecular flexibility index (Phi) is 6.60. The van der Waals surface area contributed by atoms with Crippen molar-refractivity contribution in [1.29, 1.82) is 0 Å². The molecule has 3 fully saturated rings. The van der Waals surface area contributed by atoms with Gasteiger partial charge in [-0.15, -0.1) is 0 Å². The minimum atomic E-state index is 0.0142. The molecule has 0 saturated carbocycles. The minimum Gasteiger partial charge on any atom is -0.376 e. The molecule has 5 nitrogen and oxygen atoms in total. The van der Waals surface area contributed by atoms with E-state index in [0.717, 1.165) is 49.0 Å². The Morgan fingerprint density at radius 3 is 2.50 bits per heavy atom. The molecule has 2 aromatic carbocycles. The molecule has 0 spiro atoms. The largest absolute Gasteiger partial charge is 0.376 e. The quantitative estimate of drug-likeness (QED) is 0.571. The van der Waals surface area contributed by atoms with Crippen molar-refractivity contribution in [3.05, 3.63) is 65.1 Å². The maximum atomic E-state index is 13.3. The Balaban J connectivity index is 1.37. The number of benzene rings is 2. The van der Waals surface area contributed by atoms with Crippen molar-refractivity contribution in [2.75, 3.05) is 31.1 Å². The van der Waals surface area contributed by atoms with Gasteiger partial charge in [-0.05, 0) is 79.8 Å². The second-order valence-corrected chi connectivity index (χ2v) is 9.54. The van der Waals surface area contributed by atoms with Crippen LogP contribution in [0.25, 0.3) is 6.08 Å². The van der Waals surface area contributed by atoms with Gasteiger partial charge in [0.25, 0.3) is 5.91 Å². The van der Waals surface area contributed by atoms with Crippen molar-refractivity contribution in [2.24, 2.45) is 4.99 Å². The summed E-state index contributed by atoms with van der Waals surface area (Å²) in [6, 6.07) is 18.4. The van der Waals surface area contributed by atoms with Gasteiger partial charge >= 0.3 is 0 Å². The molecule has 1 atom stereocenters. The number of piperidine rings is 1. The van der Waals surface area contributed by atoms with E-state index in [1.54, 1.807) is 4.90 Å². The van der Waals surface area contributed by atoms with Gasteiger partial charge in [0.15, 0.2) is 5.17 Å². The standard InChI is InChI=1S/C26H29N3O2S/c30-25-24(18-20-11-13-22(14-12-20)28-15-5-2-6-16-28)32-26(27-21-8-3-1-4-9-21)29(25)19-23-10-7-17-31-23/h1,3-4,8-9,11-14,18,23H,2,5-7,10,15-17,19H2/b24-18-,27-26?/t23-/m0/s1. The van der Waals surface area contributed by atoms with Gasteiger partial charge in [-0.2, -0.15) is 0 Å². The second-order valence-electron chi connectivity index (χ2n) is 8.53. The Morgan fingerprint density at radius 1 is 1.00 bits per heavy atom. The number of para-hydroxylation sites is 1. The van der Waals surface area contributed by atoms with Crippen molar-refractivity contribution < 1.29 is 9.53 Å². The van der Waals surface area contributed by atoms with E-state index in [-0.39, 0.29) is 12.0 Å². The predicted molar refractivity (Wildman–Crippen MR) is 132 cm³/mol. The van der Waals surface area contributed by atoms with E-state index in [9.17, 15) is 4.79 Å². The van der Waals surface area contributed by atoms with Crippen molar-refractivity contribution >= 4 is 40.3 Å². The van der Waals surface area contributed by atoms with Gasteiger partial charge in [-0.1, -0.05) is 30.3 Å². The fourth-order valence-corrected chi connectivity index (χ4v) is 5.45. The lowest BCUT2D eigenvalue weighted by Crippen LogP contribution is -2.36. The van der Waals surface area contributed by atoms with Gasteiger partial charge < -0.3 is 9.64 Å². The van der Waals surface area contributed by atoms with Gasteiger partial charge in [0.05, 0.1) is 23.2 Å². The average molecular weight is 448 g/mol. The van der Waals surface area contributed by atoms with Gasteiger partial charge in [0, 0.05) is 25.4 Å². The van der Waals surface area contributed by atoms with E-state index < -0.39 is 0 Å². The third-order valence-electron chi connectivity index (χ3n) is 6.19. The smallest absolute Gasteiger partial charge is 0.266 e. The average Bonchev–Trinajstić information content (AvgIpc) is 3.45. The number of hydrogen-bond donors (Lipinski definition) is 0. The van der Waals surface area contributed by atoms with Crippen LogP contribution in [0.2, 0.25) is 0 Å². The normalized spacial score (nSPS) is 24.1. The third kappa shape index (κ3) is 4.92. The minimum absolute atomic E-state index is 0.0142. The fourth-order valence-electron chi connectivity index (χ4n) is 4.44. The van der Waals surface area contributed by atoms with Crippen LogP contribution in [0.4, 0.5) is 11.4 Å². The summed E-state index contributed by atoms with van der Waals surface area (Å²) in [7, 11) is 0. The van der Waals surface area contributed by atoms with Crippen LogP contribution in [-0.4, -0.2) is 48.3 Å². The van der Waals surface area contributed by atoms with Crippen molar-refractivity contribution in [1.82, 2.24) is 4.90 Å². The zero-order chi connectivity index (χ0) is 21.8. The summed E-state index contributed by atoms with van der Waals surface area (Å²) in [5, 5.41) is 0.730. The summed E-state index contributed by atoms with van der Waals surface area (Å²) in [5.41, 5.74) is 3.16. The number of amidine groups is 1. The van der Waals surface area contributed by atoms with Crippen LogP contribution >= 0.6 is 11.8 Å². The summed E-state index contributed by atoms with van der Waals surface area (Å²) >= 11 is 1.45. The van der Waals surface area contributed by atoms with Gasteiger partial charge in [0.2, 0.25) is 0 Å². The molecule has 32 heavy (non-hydrogen) atoms. The first kappa shape index (κ1) is 21.3. The number of nitrogens with zero attached hydrogens (tertiary/aromatic N) is 3. The van der Waals surface area contributed by atoms with Crippen LogP contribution in [0.3, 0.4) is 0 Å². The number of carbonyl (C=O) groups is 1. The Hall–Kier alpha value is -2.57. The number of hydrogen-bond acceptors (Lipinski definition) is 5. The fraction of sp³-hybridized carbons (Fsp3) is 0.385. The molecular weight excluding hydrogens is 418 g/mol. The van der Waals surface area contributed by atoms with E-state index in [1.807, 2.05) is 36.4 Å². The molecule has 3 saturated heterocycles. The molecule has 0 unspecified atom stereocenters. The maximum absolute atomic E-state index is 13.3. The van der Waals surface area contributed by atoms with E-state index >= 15 is 0 Å². The first-order chi connectivity index (χ1) is 15.8. The molecule has 0 bridgehead atoms. The van der Waals surface area contributed by atoms with Crippen molar-refractivity contribution in [2.45, 2.75) is 38.2 Å². The molecule has 0 aromatic heterocycles. The molecular formula is C26H29N3O2S. The van der Waals surface area contributed by atoms with E-state index in [0.29, 0.717) is 11.4 Å². The molecule has 6 heteroatoms. The summed E-state index contributed by atoms with van der Waals surface area (Å²) in [6.07, 6.45) is 7.98. The van der Waals surface area contributed by atoms with Crippen LogP contribution in [-0.2, 0) is 9.53 Å². The molecule has 1 amide bonds. The highest BCUT2D eigenvalue weighted by Gasteiger charge is 2.35. The Labute approximate surface area is 194 Å². The van der Waals surface area contributed by atoms with Gasteiger partial charge in [-0.25, -0.2) is 4.99 Å². The lowest BCUT2D eigenvalue weighted by Gasteiger charge is -2.28. The van der Waals surface area contributed by atoms with Crippen LogP contribution in [0.5, 0.6) is 0 Å². The molecule has 3 heterocycles. The van der Waals surface area contributed by atoms with Crippen LogP contribution in [0, 0.1) is 0 Å². The monoisotopic (exact) mass is 447 g/mol. The number of rotatable bonds is 5. The number of ether oxygens (including phenoxy) is 1. The maximum Gasteiger partial charge on any atom is 0.266 e. The van der Waals surface area contributed by atoms with Crippen molar-refractivity contribution in [3.8, 4) is 0 Å². The van der Waals surface area contributed by atoms with E-state index in [2.05, 4.69) is 29.2 Å². The number of anilines is 1. The lowest BCUT2D eigenvalue weighted by molar-refractivity contribution is -0.123. The molecule has 3 aliphatic heterocycles. The number of amides is 1. The number of aliphatic imine (C=N–C) groups is 1. The molecule has 2 aromatic rings. The summed E-state index contributed by atoms with van der Waals surface area (Å²) in [6.45, 7) is 3.60. The van der Waals surface area contributed by atoms with Crippen LogP contribution in [0.15, 0.2) is 64.5 Å². The van der Waals surface area contributed by atoms with Crippen LogP contribution in [0.1, 0.15) is 37.7 Å². The topological polar surface area (TPSA) is 45.1 Å². The predicted octanol–water partition coefficient (Wildman–Crippen LogP) is 5.46. The molecule has 5 rings (SSSR count). The SMILES string of the molecule is O=C1/C(=C/c2ccc(N3CCCCC3)cc2)SC(=Nc2ccccc2)N1C[C@@H]1CCCO1. The number of carbonyl (C=O) groups excluding carboxylic acids is 1. The molecule has 0 aliphatic carbocycles. The molecule has 0 N–H and O–H groups in total. The highest BCUT2D eigenvalue weighted by molar-refractivity contribution is 8.18. The summed E-state index contributed by atoms with van der Waals surface area (Å²) in [5.74, 6) is 0.0142. The zero-order valence-corrected chi connectivity index (χ0v) is 19.1.